The average Bonchev–Trinajstić information content (AvgIpc) is 3.04. The molecular weight excluding hydrogens is 400 g/mol. The Balaban J connectivity index is 1.63. The van der Waals surface area contributed by atoms with E-state index in [1.807, 2.05) is 0 Å². The molecule has 3 rings (SSSR count). The maximum absolute atomic E-state index is 6.50. The topological polar surface area (TPSA) is 9.23 Å². The summed E-state index contributed by atoms with van der Waals surface area (Å²) in [5, 5.41) is 0. The molecule has 1 unspecified atom stereocenters. The van der Waals surface area contributed by atoms with Gasteiger partial charge in [-0.3, -0.25) is 0 Å². The average molecular weight is 440 g/mol. The van der Waals surface area contributed by atoms with Crippen molar-refractivity contribution >= 4 is 24.2 Å². The van der Waals surface area contributed by atoms with E-state index in [0.29, 0.717) is 11.3 Å². The van der Waals surface area contributed by atoms with Crippen LogP contribution in [0, 0.1) is 29.1 Å². The van der Waals surface area contributed by atoms with Crippen molar-refractivity contribution in [1.82, 2.24) is 0 Å². The zero-order valence-corrected chi connectivity index (χ0v) is 20.4. The normalized spacial score (nSPS) is 43.0. The van der Waals surface area contributed by atoms with E-state index >= 15 is 0 Å². The number of hydrogen-bond acceptors (Lipinski definition) is 1. The van der Waals surface area contributed by atoms with Gasteiger partial charge in [0.25, 0.3) is 0 Å². The molecule has 0 amide bonds. The quantitative estimate of drug-likeness (QED) is 0.315. The Morgan fingerprint density at radius 2 is 2.04 bits per heavy atom. The Bertz CT molecular complexity index is 577. The first-order valence-corrected chi connectivity index (χ1v) is 15.1. The molecule has 0 spiro atoms. The minimum atomic E-state index is -1.50. The molecule has 0 heterocycles. The molecule has 0 bridgehead atoms. The summed E-state index contributed by atoms with van der Waals surface area (Å²) >= 11 is 3.65. The Labute approximate surface area is 171 Å². The molecule has 2 saturated carbocycles. The van der Waals surface area contributed by atoms with Gasteiger partial charge in [0.15, 0.2) is 8.32 Å². The van der Waals surface area contributed by atoms with E-state index in [1.165, 1.54) is 44.9 Å². The molecule has 3 aliphatic carbocycles. The lowest BCUT2D eigenvalue weighted by molar-refractivity contribution is 0.0811. The van der Waals surface area contributed by atoms with E-state index in [1.54, 1.807) is 5.57 Å². The van der Waals surface area contributed by atoms with E-state index in [4.69, 9.17) is 4.43 Å². The summed E-state index contributed by atoms with van der Waals surface area (Å²) < 4.78 is 6.50. The molecule has 0 aliphatic heterocycles. The molecule has 2 fully saturated rings. The summed E-state index contributed by atoms with van der Waals surface area (Å²) in [5.74, 6) is 3.21. The van der Waals surface area contributed by atoms with E-state index in [2.05, 4.69) is 73.5 Å². The first kappa shape index (κ1) is 20.9. The third-order valence-corrected chi connectivity index (χ3v) is 9.13. The van der Waals surface area contributed by atoms with Gasteiger partial charge in [-0.2, -0.15) is 0 Å². The highest BCUT2D eigenvalue weighted by molar-refractivity contribution is 9.11. The van der Waals surface area contributed by atoms with Crippen molar-refractivity contribution < 1.29 is 4.43 Å². The van der Waals surface area contributed by atoms with Crippen molar-refractivity contribution in [3.8, 4) is 0 Å². The molecule has 26 heavy (non-hydrogen) atoms. The van der Waals surface area contributed by atoms with Crippen LogP contribution in [0.5, 0.6) is 0 Å². The molecule has 0 aromatic heterocycles. The van der Waals surface area contributed by atoms with Gasteiger partial charge in [0, 0.05) is 0 Å². The second-order valence-corrected chi connectivity index (χ2v) is 15.7. The van der Waals surface area contributed by atoms with Crippen molar-refractivity contribution in [3.63, 3.8) is 0 Å². The molecular formula is C23H39BrOSi. The lowest BCUT2D eigenvalue weighted by Gasteiger charge is -2.44. The van der Waals surface area contributed by atoms with Crippen LogP contribution in [0.1, 0.15) is 65.7 Å². The Morgan fingerprint density at radius 1 is 1.31 bits per heavy atom. The van der Waals surface area contributed by atoms with Gasteiger partial charge < -0.3 is 4.43 Å². The number of halogens is 1. The van der Waals surface area contributed by atoms with Gasteiger partial charge in [-0.25, -0.2) is 0 Å². The molecule has 1 nitrogen and oxygen atoms in total. The van der Waals surface area contributed by atoms with Crippen molar-refractivity contribution in [1.29, 1.82) is 0 Å². The number of hydrogen-bond donors (Lipinski definition) is 0. The second kappa shape index (κ2) is 7.52. The van der Waals surface area contributed by atoms with Crippen LogP contribution < -0.4 is 0 Å². The minimum absolute atomic E-state index is 0.0202. The van der Waals surface area contributed by atoms with Crippen molar-refractivity contribution in [3.05, 3.63) is 22.7 Å². The zero-order valence-electron chi connectivity index (χ0n) is 17.8. The van der Waals surface area contributed by atoms with Gasteiger partial charge in [0.1, 0.15) is 0 Å². The van der Waals surface area contributed by atoms with Gasteiger partial charge in [0.2, 0.25) is 0 Å². The highest BCUT2D eigenvalue weighted by atomic mass is 79.9. The van der Waals surface area contributed by atoms with Crippen molar-refractivity contribution in [2.75, 3.05) is 0 Å². The molecule has 0 aromatic rings. The molecule has 148 valence electrons. The van der Waals surface area contributed by atoms with Gasteiger partial charge in [-0.15, -0.1) is 0 Å². The smallest absolute Gasteiger partial charge is 0.184 e. The second-order valence-electron chi connectivity index (χ2n) is 10.8. The molecule has 3 aliphatic rings. The monoisotopic (exact) mass is 438 g/mol. The third kappa shape index (κ3) is 4.25. The maximum atomic E-state index is 6.50. The Morgan fingerprint density at radius 3 is 2.69 bits per heavy atom. The van der Waals surface area contributed by atoms with Crippen LogP contribution in [0.15, 0.2) is 22.7 Å². The predicted molar refractivity (Wildman–Crippen MR) is 119 cm³/mol. The fourth-order valence-corrected chi connectivity index (χ4v) is 8.82. The lowest BCUT2D eigenvalue weighted by atomic mass is 9.61. The summed E-state index contributed by atoms with van der Waals surface area (Å²) in [6.45, 7) is 14.4. The number of allylic oxidation sites excluding steroid dienone is 2. The van der Waals surface area contributed by atoms with Crippen LogP contribution in [0.3, 0.4) is 0 Å². The Hall–Kier alpha value is 0.137. The van der Waals surface area contributed by atoms with Crippen LogP contribution in [0.2, 0.25) is 19.6 Å². The first-order valence-electron chi connectivity index (χ1n) is 10.7. The number of rotatable bonds is 5. The molecule has 6 atom stereocenters. The number of fused-ring (bicyclic) bond motifs is 1. The lowest BCUT2D eigenvalue weighted by Crippen LogP contribution is -2.39. The fourth-order valence-electron chi connectivity index (χ4n) is 6.72. The summed E-state index contributed by atoms with van der Waals surface area (Å²) in [5.41, 5.74) is 2.19. The van der Waals surface area contributed by atoms with Gasteiger partial charge in [-0.1, -0.05) is 47.5 Å². The molecule has 0 N–H and O–H groups in total. The van der Waals surface area contributed by atoms with E-state index < -0.39 is 8.32 Å². The van der Waals surface area contributed by atoms with E-state index in [0.717, 1.165) is 17.8 Å². The third-order valence-electron chi connectivity index (χ3n) is 7.47. The minimum Gasteiger partial charge on any atom is -0.409 e. The summed E-state index contributed by atoms with van der Waals surface area (Å²) in [6.07, 6.45) is 14.3. The highest BCUT2D eigenvalue weighted by Crippen LogP contribution is 2.60. The molecule has 3 heteroatoms. The molecule has 0 aromatic carbocycles. The van der Waals surface area contributed by atoms with E-state index in [9.17, 15) is 0 Å². The van der Waals surface area contributed by atoms with Crippen molar-refractivity contribution in [2.45, 2.75) is 91.0 Å². The largest absolute Gasteiger partial charge is 0.409 e. The highest BCUT2D eigenvalue weighted by Gasteiger charge is 2.51. The van der Waals surface area contributed by atoms with Gasteiger partial charge >= 0.3 is 0 Å². The van der Waals surface area contributed by atoms with E-state index in [-0.39, 0.29) is 5.60 Å². The zero-order chi connectivity index (χ0) is 19.2. The summed E-state index contributed by atoms with van der Waals surface area (Å²) in [7, 11) is -1.50. The molecule has 0 saturated heterocycles. The van der Waals surface area contributed by atoms with Gasteiger partial charge in [0.05, 0.1) is 5.60 Å². The standard InChI is InChI=1S/C23H39BrOSi/c1-17(14-18-11-13-22(2,15-18)25-26(4,5)6)20-9-10-21-19(16-24)8-7-12-23(20,21)3/h11,13,16-18,20-21H,7-10,12,14-15H2,1-6H3/b19-16+/t17-,18+,20-,21?,22-,23-/m1/s1. The van der Waals surface area contributed by atoms with Crippen LogP contribution >= 0.6 is 15.9 Å². The molecule has 0 radical (unpaired) electrons. The SMILES string of the molecule is C[C@H](C[C@@H]1C=C[C@@](C)(O[Si](C)(C)C)C1)[C@H]1CCC2/C(=C/Br)CCC[C@@]21C. The Kier molecular flexibility index (Phi) is 6.03. The maximum Gasteiger partial charge on any atom is 0.184 e. The van der Waals surface area contributed by atoms with Gasteiger partial charge in [-0.05, 0) is 106 Å². The summed E-state index contributed by atoms with van der Waals surface area (Å²) in [4.78, 5) is 2.25. The first-order chi connectivity index (χ1) is 12.1. The van der Waals surface area contributed by atoms with Crippen LogP contribution in [0.25, 0.3) is 0 Å². The van der Waals surface area contributed by atoms with Crippen LogP contribution in [-0.4, -0.2) is 13.9 Å². The predicted octanol–water partition coefficient (Wildman–Crippen LogP) is 7.69. The van der Waals surface area contributed by atoms with Crippen LogP contribution in [0.4, 0.5) is 0 Å². The fraction of sp³-hybridized carbons (Fsp3) is 0.826. The summed E-state index contributed by atoms with van der Waals surface area (Å²) in [6, 6.07) is 0. The van der Waals surface area contributed by atoms with Crippen molar-refractivity contribution in [2.24, 2.45) is 29.1 Å². The van der Waals surface area contributed by atoms with Crippen LogP contribution in [-0.2, 0) is 4.43 Å².